The summed E-state index contributed by atoms with van der Waals surface area (Å²) >= 11 is 1.79. The SMILES string of the molecule is COC(=O)[C@H](CC(C)C)OC[C@@H]1C[C@@H](SC(c2ccccc2)(c2ccccc2)c2ccccc2)CN1S(C)(=O)=O. The molecule has 0 bridgehead atoms. The number of carbonyl (C=O) groups is 1. The van der Waals surface area contributed by atoms with Gasteiger partial charge in [0.25, 0.3) is 0 Å². The zero-order chi connectivity index (χ0) is 28.8. The van der Waals surface area contributed by atoms with Gasteiger partial charge < -0.3 is 9.47 Å². The molecule has 40 heavy (non-hydrogen) atoms. The molecule has 3 atom stereocenters. The van der Waals surface area contributed by atoms with Gasteiger partial charge in [-0.2, -0.15) is 4.31 Å². The lowest BCUT2D eigenvalue weighted by Gasteiger charge is -2.37. The maximum Gasteiger partial charge on any atom is 0.334 e. The van der Waals surface area contributed by atoms with E-state index in [-0.39, 0.29) is 23.8 Å². The first-order valence-corrected chi connectivity index (χ1v) is 16.4. The first-order chi connectivity index (χ1) is 19.1. The first-order valence-electron chi connectivity index (χ1n) is 13.7. The summed E-state index contributed by atoms with van der Waals surface area (Å²) in [6.07, 6.45) is 1.63. The Morgan fingerprint density at radius 1 is 0.925 bits per heavy atom. The van der Waals surface area contributed by atoms with Gasteiger partial charge in [0, 0.05) is 17.8 Å². The highest BCUT2D eigenvalue weighted by molar-refractivity contribution is 8.01. The van der Waals surface area contributed by atoms with Gasteiger partial charge in [-0.1, -0.05) is 105 Å². The number of hydrogen-bond donors (Lipinski definition) is 0. The summed E-state index contributed by atoms with van der Waals surface area (Å²) in [5.41, 5.74) is 3.39. The van der Waals surface area contributed by atoms with Gasteiger partial charge >= 0.3 is 5.97 Å². The van der Waals surface area contributed by atoms with Crippen molar-refractivity contribution in [2.45, 2.75) is 48.8 Å². The Hall–Kier alpha value is -2.65. The van der Waals surface area contributed by atoms with E-state index in [1.807, 2.05) is 68.4 Å². The van der Waals surface area contributed by atoms with Gasteiger partial charge in [-0.25, -0.2) is 13.2 Å². The third-order valence-electron chi connectivity index (χ3n) is 7.28. The number of ether oxygens (including phenoxy) is 2. The van der Waals surface area contributed by atoms with Gasteiger partial charge in [0.15, 0.2) is 6.10 Å². The molecular weight excluding hydrogens is 542 g/mol. The van der Waals surface area contributed by atoms with E-state index in [0.717, 1.165) is 16.7 Å². The quantitative estimate of drug-likeness (QED) is 0.201. The van der Waals surface area contributed by atoms with Crippen molar-refractivity contribution in [2.75, 3.05) is 26.5 Å². The number of nitrogens with zero attached hydrogens (tertiary/aromatic N) is 1. The lowest BCUT2D eigenvalue weighted by molar-refractivity contribution is -0.155. The van der Waals surface area contributed by atoms with Crippen molar-refractivity contribution in [3.63, 3.8) is 0 Å². The van der Waals surface area contributed by atoms with Crippen LogP contribution in [0.1, 0.15) is 43.4 Å². The molecule has 0 spiro atoms. The second-order valence-corrected chi connectivity index (χ2v) is 14.2. The number of rotatable bonds is 12. The van der Waals surface area contributed by atoms with Gasteiger partial charge in [-0.3, -0.25) is 0 Å². The summed E-state index contributed by atoms with van der Waals surface area (Å²) in [5, 5.41) is -0.0226. The Labute approximate surface area is 243 Å². The van der Waals surface area contributed by atoms with Crippen molar-refractivity contribution in [3.8, 4) is 0 Å². The van der Waals surface area contributed by atoms with E-state index in [9.17, 15) is 13.2 Å². The Balaban J connectivity index is 1.70. The number of sulfonamides is 1. The summed E-state index contributed by atoms with van der Waals surface area (Å²) in [5.74, 6) is -0.204. The number of carbonyl (C=O) groups excluding carboxylic acids is 1. The summed E-state index contributed by atoms with van der Waals surface area (Å²) in [6, 6.07) is 30.8. The number of esters is 1. The van der Waals surface area contributed by atoms with Gasteiger partial charge in [-0.15, -0.1) is 11.8 Å². The molecule has 0 radical (unpaired) electrons. The minimum atomic E-state index is -3.51. The van der Waals surface area contributed by atoms with Gasteiger partial charge in [0.1, 0.15) is 0 Å². The molecule has 214 valence electrons. The molecule has 0 saturated carbocycles. The monoisotopic (exact) mass is 581 g/mol. The molecule has 0 N–H and O–H groups in total. The zero-order valence-electron chi connectivity index (χ0n) is 23.6. The smallest absolute Gasteiger partial charge is 0.334 e. The Kier molecular flexibility index (Phi) is 10.1. The van der Waals surface area contributed by atoms with Gasteiger partial charge in [-0.05, 0) is 35.4 Å². The summed E-state index contributed by atoms with van der Waals surface area (Å²) in [4.78, 5) is 12.4. The molecule has 4 rings (SSSR count). The standard InChI is InChI=1S/C32H39NO5S2/c1-24(2)20-30(31(34)37-3)38-23-28-21-29(22-33(28)40(4,35)36)39-32(25-14-8-5-9-15-25,26-16-10-6-11-17-26)27-18-12-7-13-19-27/h5-19,24,28-30H,20-23H2,1-4H3/t28-,29+,30-/m0/s1. The van der Waals surface area contributed by atoms with Crippen molar-refractivity contribution < 1.29 is 22.7 Å². The molecule has 1 saturated heterocycles. The minimum absolute atomic E-state index is 0.0226. The van der Waals surface area contributed by atoms with E-state index in [1.165, 1.54) is 13.4 Å². The molecule has 0 amide bonds. The maximum absolute atomic E-state index is 12.9. The van der Waals surface area contributed by atoms with Crippen LogP contribution in [-0.2, 0) is 29.0 Å². The first kappa shape index (κ1) is 30.3. The fourth-order valence-corrected chi connectivity index (χ4v) is 8.58. The molecular formula is C32H39NO5S2. The maximum atomic E-state index is 12.9. The highest BCUT2D eigenvalue weighted by Crippen LogP contribution is 2.52. The third-order valence-corrected chi connectivity index (χ3v) is 10.3. The number of methoxy groups -OCH3 is 1. The third kappa shape index (κ3) is 6.97. The molecule has 1 aliphatic rings. The van der Waals surface area contributed by atoms with Crippen LogP contribution in [-0.4, -0.2) is 62.6 Å². The summed E-state index contributed by atoms with van der Waals surface area (Å²) in [6.45, 7) is 4.52. The van der Waals surface area contributed by atoms with Crippen molar-refractivity contribution >= 4 is 27.8 Å². The predicted molar refractivity (Wildman–Crippen MR) is 162 cm³/mol. The minimum Gasteiger partial charge on any atom is -0.467 e. The molecule has 0 unspecified atom stereocenters. The largest absolute Gasteiger partial charge is 0.467 e. The van der Waals surface area contributed by atoms with E-state index in [1.54, 1.807) is 16.1 Å². The van der Waals surface area contributed by atoms with Crippen LogP contribution in [0.4, 0.5) is 0 Å². The Bertz CT molecular complexity index is 1240. The van der Waals surface area contributed by atoms with Crippen LogP contribution >= 0.6 is 11.8 Å². The fraction of sp³-hybridized carbons (Fsp3) is 0.406. The number of thioether (sulfide) groups is 1. The van der Waals surface area contributed by atoms with Crippen LogP contribution in [0.5, 0.6) is 0 Å². The van der Waals surface area contributed by atoms with E-state index in [2.05, 4.69) is 36.4 Å². The van der Waals surface area contributed by atoms with Crippen molar-refractivity contribution in [3.05, 3.63) is 108 Å². The summed E-state index contributed by atoms with van der Waals surface area (Å²) in [7, 11) is -2.16. The normalized spacial score (nSPS) is 19.0. The Morgan fingerprint density at radius 2 is 1.40 bits per heavy atom. The van der Waals surface area contributed by atoms with Crippen molar-refractivity contribution in [1.82, 2.24) is 4.31 Å². The van der Waals surface area contributed by atoms with Crippen molar-refractivity contribution in [2.24, 2.45) is 5.92 Å². The average Bonchev–Trinajstić information content (AvgIpc) is 3.38. The van der Waals surface area contributed by atoms with Crippen LogP contribution in [0.15, 0.2) is 91.0 Å². The molecule has 3 aromatic rings. The van der Waals surface area contributed by atoms with E-state index in [4.69, 9.17) is 9.47 Å². The van der Waals surface area contributed by atoms with Crippen LogP contribution in [0, 0.1) is 5.92 Å². The molecule has 1 heterocycles. The van der Waals surface area contributed by atoms with Crippen LogP contribution < -0.4 is 0 Å². The molecule has 8 heteroatoms. The number of benzene rings is 3. The topological polar surface area (TPSA) is 72.9 Å². The molecule has 0 aliphatic carbocycles. The second kappa shape index (κ2) is 13.3. The van der Waals surface area contributed by atoms with Crippen molar-refractivity contribution in [1.29, 1.82) is 0 Å². The van der Waals surface area contributed by atoms with Crippen LogP contribution in [0.25, 0.3) is 0 Å². The van der Waals surface area contributed by atoms with E-state index in [0.29, 0.717) is 19.4 Å². The highest BCUT2D eigenvalue weighted by atomic mass is 32.2. The molecule has 1 aliphatic heterocycles. The van der Waals surface area contributed by atoms with Gasteiger partial charge in [0.05, 0.1) is 24.7 Å². The van der Waals surface area contributed by atoms with E-state index < -0.39 is 26.8 Å². The van der Waals surface area contributed by atoms with E-state index >= 15 is 0 Å². The molecule has 1 fully saturated rings. The molecule has 6 nitrogen and oxygen atoms in total. The molecule has 0 aromatic heterocycles. The lowest BCUT2D eigenvalue weighted by Crippen LogP contribution is -2.40. The summed E-state index contributed by atoms with van der Waals surface area (Å²) < 4.78 is 37.9. The van der Waals surface area contributed by atoms with Crippen LogP contribution in [0.2, 0.25) is 0 Å². The lowest BCUT2D eigenvalue weighted by atomic mass is 9.84. The second-order valence-electron chi connectivity index (χ2n) is 10.7. The average molecular weight is 582 g/mol. The zero-order valence-corrected chi connectivity index (χ0v) is 25.2. The van der Waals surface area contributed by atoms with Gasteiger partial charge in [0.2, 0.25) is 10.0 Å². The van der Waals surface area contributed by atoms with Crippen LogP contribution in [0.3, 0.4) is 0 Å². The Morgan fingerprint density at radius 3 is 1.80 bits per heavy atom. The molecule has 3 aromatic carbocycles. The number of hydrogen-bond acceptors (Lipinski definition) is 6. The highest BCUT2D eigenvalue weighted by Gasteiger charge is 2.45. The fourth-order valence-electron chi connectivity index (χ4n) is 5.48. The predicted octanol–water partition coefficient (Wildman–Crippen LogP) is 5.72.